The lowest BCUT2D eigenvalue weighted by Crippen LogP contribution is -2.28. The van der Waals surface area contributed by atoms with Gasteiger partial charge in [0, 0.05) is 23.6 Å². The van der Waals surface area contributed by atoms with Crippen molar-refractivity contribution in [2.24, 2.45) is 5.92 Å². The summed E-state index contributed by atoms with van der Waals surface area (Å²) in [5, 5.41) is 14.9. The van der Waals surface area contributed by atoms with Crippen molar-refractivity contribution in [2.75, 3.05) is 11.4 Å². The molecule has 4 rings (SSSR count). The van der Waals surface area contributed by atoms with Crippen LogP contribution in [0.15, 0.2) is 30.6 Å². The Balaban J connectivity index is 1.55. The summed E-state index contributed by atoms with van der Waals surface area (Å²) in [5.41, 5.74) is 1.68. The van der Waals surface area contributed by atoms with Crippen LogP contribution in [0.2, 0.25) is 5.02 Å². The second-order valence-corrected chi connectivity index (χ2v) is 7.11. The highest BCUT2D eigenvalue weighted by atomic mass is 35.5. The fourth-order valence-corrected chi connectivity index (χ4v) is 3.66. The highest BCUT2D eigenvalue weighted by Gasteiger charge is 2.35. The van der Waals surface area contributed by atoms with Gasteiger partial charge in [0.2, 0.25) is 5.91 Å². The minimum absolute atomic E-state index is 0.0236. The largest absolute Gasteiger partial charge is 0.294 e. The highest BCUT2D eigenvalue weighted by Crippen LogP contribution is 2.36. The van der Waals surface area contributed by atoms with Gasteiger partial charge in [0.1, 0.15) is 16.7 Å². The number of carbonyl (C=O) groups is 1. The molecule has 0 spiro atoms. The molecule has 0 bridgehead atoms. The number of amides is 1. The third-order valence-electron chi connectivity index (χ3n) is 4.96. The quantitative estimate of drug-likeness (QED) is 0.720. The summed E-state index contributed by atoms with van der Waals surface area (Å²) in [5.74, 6) is -1.44. The molecule has 3 heterocycles. The lowest BCUT2D eigenvalue weighted by molar-refractivity contribution is -0.120. The van der Waals surface area contributed by atoms with E-state index in [9.17, 15) is 13.6 Å². The molecule has 1 fully saturated rings. The van der Waals surface area contributed by atoms with Crippen LogP contribution in [0.1, 0.15) is 17.5 Å². The van der Waals surface area contributed by atoms with Gasteiger partial charge in [0.15, 0.2) is 5.82 Å². The van der Waals surface area contributed by atoms with Crippen LogP contribution in [0.4, 0.5) is 14.6 Å². The summed E-state index contributed by atoms with van der Waals surface area (Å²) < 4.78 is 27.6. The number of halogens is 3. The van der Waals surface area contributed by atoms with Crippen molar-refractivity contribution in [3.63, 3.8) is 0 Å². The number of nitrogens with one attached hydrogen (secondary N) is 1. The third kappa shape index (κ3) is 3.24. The lowest BCUT2D eigenvalue weighted by Gasteiger charge is -2.14. The molecule has 6 nitrogen and oxygen atoms in total. The molecular weight excluding hydrogens is 388 g/mol. The number of hydrogen-bond acceptors (Lipinski definition) is 4. The summed E-state index contributed by atoms with van der Waals surface area (Å²) >= 11 is 6.44. The number of nitrogens with zero attached hydrogens (tertiary/aromatic N) is 4. The first kappa shape index (κ1) is 18.5. The molecule has 1 amide bonds. The number of H-pyrrole nitrogens is 1. The van der Waals surface area contributed by atoms with Crippen molar-refractivity contribution in [2.45, 2.75) is 19.8 Å². The number of hydrogen-bond donors (Lipinski definition) is 1. The predicted molar refractivity (Wildman–Crippen MR) is 99.9 cm³/mol. The molecule has 1 unspecified atom stereocenters. The molecule has 28 heavy (non-hydrogen) atoms. The SMILES string of the molecule is Cc1c(F)cc(CC2CCN(c3n[nH]c(-c4ccnnc4)c3Cl)C2=O)cc1F. The molecule has 9 heteroatoms. The summed E-state index contributed by atoms with van der Waals surface area (Å²) in [6, 6.07) is 4.29. The van der Waals surface area contributed by atoms with Gasteiger partial charge in [-0.15, -0.1) is 0 Å². The zero-order valence-electron chi connectivity index (χ0n) is 14.9. The van der Waals surface area contributed by atoms with Crippen LogP contribution < -0.4 is 4.90 Å². The minimum Gasteiger partial charge on any atom is -0.294 e. The Hall–Kier alpha value is -2.87. The van der Waals surface area contributed by atoms with E-state index in [2.05, 4.69) is 20.4 Å². The van der Waals surface area contributed by atoms with Gasteiger partial charge in [-0.05, 0) is 43.5 Å². The van der Waals surface area contributed by atoms with Crippen molar-refractivity contribution in [1.29, 1.82) is 0 Å². The molecule has 0 saturated carbocycles. The van der Waals surface area contributed by atoms with Gasteiger partial charge in [0.05, 0.1) is 18.1 Å². The van der Waals surface area contributed by atoms with Crippen molar-refractivity contribution >= 4 is 23.3 Å². The number of anilines is 1. The van der Waals surface area contributed by atoms with Gasteiger partial charge in [-0.1, -0.05) is 11.6 Å². The molecular formula is C19H16ClF2N5O. The first-order valence-corrected chi connectivity index (χ1v) is 9.10. The Labute approximate surface area is 164 Å². The molecule has 0 aliphatic carbocycles. The van der Waals surface area contributed by atoms with Gasteiger partial charge in [-0.25, -0.2) is 8.78 Å². The molecule has 1 aliphatic heterocycles. The van der Waals surface area contributed by atoms with E-state index in [0.717, 1.165) is 0 Å². The Morgan fingerprint density at radius 3 is 2.71 bits per heavy atom. The minimum atomic E-state index is -0.608. The smallest absolute Gasteiger partial charge is 0.231 e. The fourth-order valence-electron chi connectivity index (χ4n) is 3.37. The monoisotopic (exact) mass is 403 g/mol. The van der Waals surface area contributed by atoms with Crippen LogP contribution in [0, 0.1) is 24.5 Å². The third-order valence-corrected chi connectivity index (χ3v) is 5.32. The Morgan fingerprint density at radius 2 is 2.04 bits per heavy atom. The molecule has 0 radical (unpaired) electrons. The van der Waals surface area contributed by atoms with Crippen LogP contribution in [-0.2, 0) is 11.2 Å². The van der Waals surface area contributed by atoms with Crippen molar-refractivity contribution in [3.05, 3.63) is 58.4 Å². The van der Waals surface area contributed by atoms with Gasteiger partial charge < -0.3 is 0 Å². The summed E-state index contributed by atoms with van der Waals surface area (Å²) in [6.45, 7) is 1.81. The van der Waals surface area contributed by atoms with Gasteiger partial charge >= 0.3 is 0 Å². The number of aromatic nitrogens is 4. The second-order valence-electron chi connectivity index (χ2n) is 6.73. The maximum atomic E-state index is 13.8. The number of carbonyl (C=O) groups excluding carboxylic acids is 1. The number of rotatable bonds is 4. The van der Waals surface area contributed by atoms with E-state index in [-0.39, 0.29) is 23.8 Å². The van der Waals surface area contributed by atoms with E-state index in [1.54, 1.807) is 6.07 Å². The van der Waals surface area contributed by atoms with Gasteiger partial charge in [-0.2, -0.15) is 15.3 Å². The fraction of sp³-hybridized carbons (Fsp3) is 0.263. The average molecular weight is 404 g/mol. The molecule has 1 aliphatic rings. The lowest BCUT2D eigenvalue weighted by atomic mass is 9.97. The second kappa shape index (κ2) is 7.27. The standard InChI is InChI=1S/C19H16ClF2N5O/c1-10-14(21)7-11(8-15(10)22)6-12-3-5-27(19(12)28)18-16(20)17(25-26-18)13-2-4-23-24-9-13/h2,4,7-9,12H,3,5-6H2,1H3,(H,25,26). The molecule has 3 aromatic rings. The number of benzene rings is 1. The van der Waals surface area contributed by atoms with E-state index in [1.807, 2.05) is 0 Å². The van der Waals surface area contributed by atoms with Crippen LogP contribution in [0.5, 0.6) is 0 Å². The van der Waals surface area contributed by atoms with Crippen molar-refractivity contribution in [1.82, 2.24) is 20.4 Å². The molecule has 1 atom stereocenters. The van der Waals surface area contributed by atoms with E-state index < -0.39 is 11.6 Å². The van der Waals surface area contributed by atoms with E-state index in [1.165, 1.54) is 36.4 Å². The normalized spacial score (nSPS) is 16.8. The Kier molecular flexibility index (Phi) is 4.80. The maximum Gasteiger partial charge on any atom is 0.231 e. The molecule has 144 valence electrons. The highest BCUT2D eigenvalue weighted by molar-refractivity contribution is 6.36. The molecule has 1 N–H and O–H groups in total. The predicted octanol–water partition coefficient (Wildman–Crippen LogP) is 3.70. The Morgan fingerprint density at radius 1 is 1.29 bits per heavy atom. The van der Waals surface area contributed by atoms with Gasteiger partial charge in [-0.3, -0.25) is 14.8 Å². The zero-order valence-corrected chi connectivity index (χ0v) is 15.7. The van der Waals surface area contributed by atoms with Crippen molar-refractivity contribution in [3.8, 4) is 11.3 Å². The van der Waals surface area contributed by atoms with E-state index in [0.29, 0.717) is 40.6 Å². The topological polar surface area (TPSA) is 74.8 Å². The maximum absolute atomic E-state index is 13.8. The van der Waals surface area contributed by atoms with E-state index in [4.69, 9.17) is 11.6 Å². The zero-order chi connectivity index (χ0) is 19.8. The van der Waals surface area contributed by atoms with Crippen LogP contribution in [0.3, 0.4) is 0 Å². The van der Waals surface area contributed by atoms with Crippen LogP contribution >= 0.6 is 11.6 Å². The van der Waals surface area contributed by atoms with E-state index >= 15 is 0 Å². The van der Waals surface area contributed by atoms with Gasteiger partial charge in [0.25, 0.3) is 0 Å². The molecule has 1 aromatic carbocycles. The first-order chi connectivity index (χ1) is 13.5. The Bertz CT molecular complexity index is 1020. The summed E-state index contributed by atoms with van der Waals surface area (Å²) in [7, 11) is 0. The summed E-state index contributed by atoms with van der Waals surface area (Å²) in [6.07, 6.45) is 3.87. The number of aromatic amines is 1. The first-order valence-electron chi connectivity index (χ1n) is 8.72. The molecule has 1 saturated heterocycles. The van der Waals surface area contributed by atoms with Crippen molar-refractivity contribution < 1.29 is 13.6 Å². The van der Waals surface area contributed by atoms with Crippen LogP contribution in [-0.4, -0.2) is 32.8 Å². The average Bonchev–Trinajstić information content (AvgIpc) is 3.23. The summed E-state index contributed by atoms with van der Waals surface area (Å²) in [4.78, 5) is 14.4. The molecule has 2 aromatic heterocycles. The van der Waals surface area contributed by atoms with Crippen LogP contribution in [0.25, 0.3) is 11.3 Å².